The summed E-state index contributed by atoms with van der Waals surface area (Å²) in [6.45, 7) is 1.28. The highest BCUT2D eigenvalue weighted by molar-refractivity contribution is 5.74. The summed E-state index contributed by atoms with van der Waals surface area (Å²) in [5, 5.41) is 9.15. The summed E-state index contributed by atoms with van der Waals surface area (Å²) >= 11 is 0. The van der Waals surface area contributed by atoms with Gasteiger partial charge in [-0.05, 0) is 24.8 Å². The van der Waals surface area contributed by atoms with Crippen molar-refractivity contribution in [2.75, 3.05) is 13.2 Å². The number of carboxylic acids is 1. The van der Waals surface area contributed by atoms with Crippen molar-refractivity contribution in [2.24, 2.45) is 5.73 Å². The van der Waals surface area contributed by atoms with Gasteiger partial charge in [-0.15, -0.1) is 0 Å². The number of rotatable bonds is 7. The Bertz CT molecular complexity index is 417. The molecule has 1 unspecified atom stereocenters. The molecule has 0 aromatic heterocycles. The van der Waals surface area contributed by atoms with Gasteiger partial charge in [0, 0.05) is 5.92 Å². The quantitative estimate of drug-likeness (QED) is 0.794. The Kier molecular flexibility index (Phi) is 5.52. The highest BCUT2D eigenvalue weighted by Gasteiger charge is 2.26. The molecule has 0 bridgehead atoms. The average Bonchev–Trinajstić information content (AvgIpc) is 2.97. The normalized spacial score (nSPS) is 18.9. The second-order valence-electron chi connectivity index (χ2n) is 4.98. The van der Waals surface area contributed by atoms with Gasteiger partial charge in [0.15, 0.2) is 6.29 Å². The lowest BCUT2D eigenvalue weighted by Crippen LogP contribution is -2.36. The van der Waals surface area contributed by atoms with Crippen molar-refractivity contribution in [2.45, 2.75) is 37.5 Å². The van der Waals surface area contributed by atoms with E-state index in [0.29, 0.717) is 19.6 Å². The van der Waals surface area contributed by atoms with Crippen LogP contribution in [-0.2, 0) is 14.3 Å². The van der Waals surface area contributed by atoms with E-state index in [1.165, 1.54) is 0 Å². The molecule has 2 atom stereocenters. The van der Waals surface area contributed by atoms with Crippen LogP contribution >= 0.6 is 0 Å². The number of carbonyl (C=O) groups is 1. The predicted octanol–water partition coefficient (Wildman–Crippen LogP) is 1.73. The molecular weight excluding hydrogens is 258 g/mol. The van der Waals surface area contributed by atoms with E-state index in [9.17, 15) is 4.79 Å². The highest BCUT2D eigenvalue weighted by Crippen LogP contribution is 2.26. The van der Waals surface area contributed by atoms with Gasteiger partial charge in [-0.25, -0.2) is 0 Å². The highest BCUT2D eigenvalue weighted by atomic mass is 16.7. The molecule has 2 rings (SSSR count). The number of nitrogens with two attached hydrogens (primary N) is 1. The van der Waals surface area contributed by atoms with Crippen molar-refractivity contribution in [3.63, 3.8) is 0 Å². The molecule has 1 saturated heterocycles. The molecule has 1 aromatic rings. The van der Waals surface area contributed by atoms with E-state index >= 15 is 0 Å². The van der Waals surface area contributed by atoms with Crippen LogP contribution in [0.25, 0.3) is 0 Å². The van der Waals surface area contributed by atoms with Crippen LogP contribution in [0.4, 0.5) is 0 Å². The molecule has 0 saturated carbocycles. The number of carboxylic acid groups (broad SMARTS) is 1. The number of benzene rings is 1. The van der Waals surface area contributed by atoms with Gasteiger partial charge < -0.3 is 20.3 Å². The number of hydrogen-bond acceptors (Lipinski definition) is 4. The van der Waals surface area contributed by atoms with E-state index in [1.807, 2.05) is 30.3 Å². The smallest absolute Gasteiger partial charge is 0.321 e. The molecule has 0 amide bonds. The molecule has 110 valence electrons. The zero-order valence-corrected chi connectivity index (χ0v) is 11.4. The van der Waals surface area contributed by atoms with Gasteiger partial charge in [0.05, 0.1) is 13.2 Å². The van der Waals surface area contributed by atoms with E-state index in [2.05, 4.69) is 0 Å². The molecule has 1 aromatic carbocycles. The topological polar surface area (TPSA) is 81.8 Å². The van der Waals surface area contributed by atoms with E-state index in [-0.39, 0.29) is 12.2 Å². The van der Waals surface area contributed by atoms with Gasteiger partial charge in [-0.3, -0.25) is 4.79 Å². The van der Waals surface area contributed by atoms with E-state index in [1.54, 1.807) is 0 Å². The summed E-state index contributed by atoms with van der Waals surface area (Å²) in [5.41, 5.74) is 6.79. The third-order valence-electron chi connectivity index (χ3n) is 3.59. The lowest BCUT2D eigenvalue weighted by Gasteiger charge is -2.21. The van der Waals surface area contributed by atoms with Gasteiger partial charge in [0.1, 0.15) is 6.04 Å². The van der Waals surface area contributed by atoms with Crippen LogP contribution in [0.3, 0.4) is 0 Å². The summed E-state index contributed by atoms with van der Waals surface area (Å²) in [5.74, 6) is -1.15. The third kappa shape index (κ3) is 4.03. The summed E-state index contributed by atoms with van der Waals surface area (Å²) < 4.78 is 10.8. The van der Waals surface area contributed by atoms with E-state index in [0.717, 1.165) is 18.4 Å². The van der Waals surface area contributed by atoms with Gasteiger partial charge >= 0.3 is 5.97 Å². The van der Waals surface area contributed by atoms with Crippen LogP contribution in [0.1, 0.15) is 30.7 Å². The van der Waals surface area contributed by atoms with Crippen molar-refractivity contribution in [1.29, 1.82) is 0 Å². The maximum absolute atomic E-state index is 11.2. The second-order valence-corrected chi connectivity index (χ2v) is 4.98. The standard InChI is InChI=1S/C15H21NO4/c16-14(15(17)18)12(11-5-2-1-3-6-11)7-4-8-13-19-9-10-20-13/h1-3,5-6,12-14H,4,7-10,16H2,(H,17,18)/t12?,14-/m0/s1. The fourth-order valence-corrected chi connectivity index (χ4v) is 2.50. The van der Waals surface area contributed by atoms with Gasteiger partial charge in [-0.1, -0.05) is 30.3 Å². The monoisotopic (exact) mass is 279 g/mol. The van der Waals surface area contributed by atoms with Gasteiger partial charge in [0.25, 0.3) is 0 Å². The molecule has 1 heterocycles. The van der Waals surface area contributed by atoms with Crippen LogP contribution in [0, 0.1) is 0 Å². The second kappa shape index (κ2) is 7.38. The zero-order valence-electron chi connectivity index (χ0n) is 11.4. The van der Waals surface area contributed by atoms with Crippen molar-refractivity contribution in [1.82, 2.24) is 0 Å². The van der Waals surface area contributed by atoms with E-state index < -0.39 is 12.0 Å². The van der Waals surface area contributed by atoms with Crippen molar-refractivity contribution in [3.05, 3.63) is 35.9 Å². The minimum Gasteiger partial charge on any atom is -0.480 e. The largest absolute Gasteiger partial charge is 0.480 e. The number of ether oxygens (including phenoxy) is 2. The zero-order chi connectivity index (χ0) is 14.4. The first-order valence-corrected chi connectivity index (χ1v) is 6.95. The van der Waals surface area contributed by atoms with Crippen LogP contribution in [0.15, 0.2) is 30.3 Å². The van der Waals surface area contributed by atoms with Gasteiger partial charge in [-0.2, -0.15) is 0 Å². The minimum atomic E-state index is -0.966. The Balaban J connectivity index is 1.94. The van der Waals surface area contributed by atoms with Crippen LogP contribution in [0.5, 0.6) is 0 Å². The molecule has 20 heavy (non-hydrogen) atoms. The maximum Gasteiger partial charge on any atom is 0.321 e. The Morgan fingerprint density at radius 2 is 1.95 bits per heavy atom. The Hall–Kier alpha value is -1.43. The SMILES string of the molecule is N[C@H](C(=O)O)C(CCCC1OCCO1)c1ccccc1. The average molecular weight is 279 g/mol. The minimum absolute atomic E-state index is 0.146. The molecule has 1 fully saturated rings. The lowest BCUT2D eigenvalue weighted by atomic mass is 9.87. The molecule has 1 aliphatic heterocycles. The fourth-order valence-electron chi connectivity index (χ4n) is 2.50. The van der Waals surface area contributed by atoms with Crippen molar-refractivity contribution in [3.8, 4) is 0 Å². The molecule has 5 heteroatoms. The molecule has 3 N–H and O–H groups in total. The van der Waals surface area contributed by atoms with E-state index in [4.69, 9.17) is 20.3 Å². The first-order chi connectivity index (χ1) is 9.68. The fraction of sp³-hybridized carbons (Fsp3) is 0.533. The third-order valence-corrected chi connectivity index (χ3v) is 3.59. The first kappa shape index (κ1) is 15.0. The van der Waals surface area contributed by atoms with Crippen molar-refractivity contribution < 1.29 is 19.4 Å². The molecule has 0 spiro atoms. The lowest BCUT2D eigenvalue weighted by molar-refractivity contribution is -0.139. The van der Waals surface area contributed by atoms with Crippen LogP contribution < -0.4 is 5.73 Å². The summed E-state index contributed by atoms with van der Waals surface area (Å²) in [6.07, 6.45) is 2.16. The van der Waals surface area contributed by atoms with Crippen molar-refractivity contribution >= 4 is 5.97 Å². The van der Waals surface area contributed by atoms with Gasteiger partial charge in [0.2, 0.25) is 0 Å². The number of hydrogen-bond donors (Lipinski definition) is 2. The Labute approximate surface area is 118 Å². The Morgan fingerprint density at radius 1 is 1.30 bits per heavy atom. The number of aliphatic carboxylic acids is 1. The maximum atomic E-state index is 11.2. The summed E-state index contributed by atoms with van der Waals surface area (Å²) in [6, 6.07) is 8.68. The van der Waals surface area contributed by atoms with Crippen LogP contribution in [-0.4, -0.2) is 36.6 Å². The molecule has 0 aliphatic carbocycles. The Morgan fingerprint density at radius 3 is 2.55 bits per heavy atom. The van der Waals surface area contributed by atoms with Crippen LogP contribution in [0.2, 0.25) is 0 Å². The summed E-state index contributed by atoms with van der Waals surface area (Å²) in [7, 11) is 0. The summed E-state index contributed by atoms with van der Waals surface area (Å²) in [4.78, 5) is 11.2. The molecule has 5 nitrogen and oxygen atoms in total. The molecule has 0 radical (unpaired) electrons. The predicted molar refractivity (Wildman–Crippen MR) is 74.3 cm³/mol. The first-order valence-electron chi connectivity index (χ1n) is 6.95. The molecular formula is C15H21NO4. The molecule has 1 aliphatic rings.